The summed E-state index contributed by atoms with van der Waals surface area (Å²) in [4.78, 5) is 4.26. The van der Waals surface area contributed by atoms with Gasteiger partial charge in [0, 0.05) is 25.9 Å². The third-order valence-corrected chi connectivity index (χ3v) is 3.04. The monoisotopic (exact) mass is 286 g/mol. The summed E-state index contributed by atoms with van der Waals surface area (Å²) >= 11 is 0. The molecule has 0 saturated heterocycles. The van der Waals surface area contributed by atoms with E-state index in [9.17, 15) is 0 Å². The maximum atomic E-state index is 5.85. The van der Waals surface area contributed by atoms with Crippen molar-refractivity contribution in [3.8, 4) is 11.5 Å². The Morgan fingerprint density at radius 3 is 2.62 bits per heavy atom. The van der Waals surface area contributed by atoms with Crippen LogP contribution in [0.3, 0.4) is 0 Å². The molecule has 0 amide bonds. The van der Waals surface area contributed by atoms with Crippen molar-refractivity contribution in [1.29, 1.82) is 0 Å². The second kappa shape index (κ2) is 8.27. The lowest BCUT2D eigenvalue weighted by Crippen LogP contribution is -2.01. The normalized spacial score (nSPS) is 10.4. The van der Waals surface area contributed by atoms with Gasteiger partial charge in [-0.3, -0.25) is 0 Å². The number of hydrogen-bond acceptors (Lipinski definition) is 4. The molecular weight excluding hydrogens is 264 g/mol. The number of methoxy groups -OCH3 is 1. The van der Waals surface area contributed by atoms with Crippen LogP contribution in [0.2, 0.25) is 0 Å². The highest BCUT2D eigenvalue weighted by molar-refractivity contribution is 5.42. The van der Waals surface area contributed by atoms with Crippen LogP contribution in [0.5, 0.6) is 11.5 Å². The molecule has 0 atom stereocenters. The molecule has 4 nitrogen and oxygen atoms in total. The number of aromatic nitrogens is 1. The van der Waals surface area contributed by atoms with Gasteiger partial charge in [-0.2, -0.15) is 0 Å². The van der Waals surface area contributed by atoms with Crippen LogP contribution in [-0.4, -0.2) is 25.2 Å². The van der Waals surface area contributed by atoms with Crippen LogP contribution < -0.4 is 10.1 Å². The van der Waals surface area contributed by atoms with E-state index in [2.05, 4.69) is 29.4 Å². The predicted octanol–water partition coefficient (Wildman–Crippen LogP) is 3.88. The van der Waals surface area contributed by atoms with E-state index in [0.717, 1.165) is 43.3 Å². The molecule has 21 heavy (non-hydrogen) atoms. The lowest BCUT2D eigenvalue weighted by molar-refractivity contribution is 0.202. The Kier molecular flexibility index (Phi) is 6.03. The lowest BCUT2D eigenvalue weighted by Gasteiger charge is -2.09. The van der Waals surface area contributed by atoms with E-state index in [4.69, 9.17) is 9.47 Å². The fourth-order valence-electron chi connectivity index (χ4n) is 1.90. The van der Waals surface area contributed by atoms with Crippen molar-refractivity contribution >= 4 is 5.82 Å². The fourth-order valence-corrected chi connectivity index (χ4v) is 1.90. The number of nitrogens with one attached hydrogen (secondary N) is 1. The Hall–Kier alpha value is -2.07. The quantitative estimate of drug-likeness (QED) is 0.799. The number of anilines is 1. The van der Waals surface area contributed by atoms with Gasteiger partial charge in [0.25, 0.3) is 0 Å². The summed E-state index contributed by atoms with van der Waals surface area (Å²) < 4.78 is 10.9. The van der Waals surface area contributed by atoms with Crippen LogP contribution in [0.25, 0.3) is 0 Å². The first-order valence-corrected chi connectivity index (χ1v) is 7.27. The van der Waals surface area contributed by atoms with E-state index < -0.39 is 0 Å². The second-order valence-electron chi connectivity index (χ2n) is 4.79. The first-order valence-electron chi connectivity index (χ1n) is 7.27. The van der Waals surface area contributed by atoms with Gasteiger partial charge in [-0.25, -0.2) is 4.98 Å². The van der Waals surface area contributed by atoms with E-state index in [0.29, 0.717) is 0 Å². The summed E-state index contributed by atoms with van der Waals surface area (Å²) in [5.41, 5.74) is 1.24. The zero-order valence-electron chi connectivity index (χ0n) is 12.6. The molecule has 0 radical (unpaired) electrons. The number of benzene rings is 1. The molecule has 2 rings (SSSR count). The third-order valence-electron chi connectivity index (χ3n) is 3.04. The van der Waals surface area contributed by atoms with Gasteiger partial charge in [0.05, 0.1) is 6.61 Å². The molecule has 0 aliphatic heterocycles. The zero-order valence-corrected chi connectivity index (χ0v) is 12.6. The summed E-state index contributed by atoms with van der Waals surface area (Å²) in [7, 11) is 1.71. The van der Waals surface area contributed by atoms with E-state index in [-0.39, 0.29) is 0 Å². The minimum atomic E-state index is 0.733. The highest BCUT2D eigenvalue weighted by Crippen LogP contribution is 2.23. The molecular formula is C17H22N2O2. The number of pyridine rings is 1. The van der Waals surface area contributed by atoms with Crippen LogP contribution in [0.1, 0.15) is 18.9 Å². The van der Waals surface area contributed by atoms with Crippen molar-refractivity contribution in [2.75, 3.05) is 25.6 Å². The SMILES string of the molecule is CCCNc1cc(Oc2ccc(CCOC)cc2)ccn1. The molecule has 0 saturated carbocycles. The Balaban J connectivity index is 1.97. The zero-order chi connectivity index (χ0) is 14.9. The van der Waals surface area contributed by atoms with Crippen molar-refractivity contribution < 1.29 is 9.47 Å². The molecule has 1 heterocycles. The number of rotatable bonds is 8. The largest absolute Gasteiger partial charge is 0.457 e. The first kappa shape index (κ1) is 15.3. The predicted molar refractivity (Wildman–Crippen MR) is 85.1 cm³/mol. The average molecular weight is 286 g/mol. The molecule has 1 N–H and O–H groups in total. The Morgan fingerprint density at radius 1 is 1.10 bits per heavy atom. The summed E-state index contributed by atoms with van der Waals surface area (Å²) in [6.45, 7) is 3.76. The van der Waals surface area contributed by atoms with Crippen molar-refractivity contribution in [3.63, 3.8) is 0 Å². The summed E-state index contributed by atoms with van der Waals surface area (Å²) in [6.07, 6.45) is 3.73. The molecule has 4 heteroatoms. The minimum absolute atomic E-state index is 0.733. The van der Waals surface area contributed by atoms with Gasteiger partial charge in [0.15, 0.2) is 0 Å². The Bertz CT molecular complexity index is 541. The fraction of sp³-hybridized carbons (Fsp3) is 0.353. The van der Waals surface area contributed by atoms with Crippen LogP contribution in [0.4, 0.5) is 5.82 Å². The molecule has 112 valence electrons. The smallest absolute Gasteiger partial charge is 0.132 e. The molecule has 0 aliphatic rings. The third kappa shape index (κ3) is 5.08. The second-order valence-corrected chi connectivity index (χ2v) is 4.79. The Labute approximate surface area is 126 Å². The van der Waals surface area contributed by atoms with Gasteiger partial charge in [-0.1, -0.05) is 19.1 Å². The van der Waals surface area contributed by atoms with Gasteiger partial charge in [0.2, 0.25) is 0 Å². The van der Waals surface area contributed by atoms with E-state index >= 15 is 0 Å². The van der Waals surface area contributed by atoms with Crippen molar-refractivity contribution in [3.05, 3.63) is 48.2 Å². The minimum Gasteiger partial charge on any atom is -0.457 e. The lowest BCUT2D eigenvalue weighted by atomic mass is 10.1. The van der Waals surface area contributed by atoms with Crippen LogP contribution in [0.15, 0.2) is 42.6 Å². The van der Waals surface area contributed by atoms with Gasteiger partial charge in [-0.05, 0) is 36.6 Å². The van der Waals surface area contributed by atoms with Crippen LogP contribution in [0, 0.1) is 0 Å². The number of nitrogens with zero attached hydrogens (tertiary/aromatic N) is 1. The number of hydrogen-bond donors (Lipinski definition) is 1. The van der Waals surface area contributed by atoms with Gasteiger partial charge < -0.3 is 14.8 Å². The van der Waals surface area contributed by atoms with Crippen molar-refractivity contribution in [2.24, 2.45) is 0 Å². The van der Waals surface area contributed by atoms with Crippen molar-refractivity contribution in [2.45, 2.75) is 19.8 Å². The molecule has 1 aromatic carbocycles. The van der Waals surface area contributed by atoms with Gasteiger partial charge in [-0.15, -0.1) is 0 Å². The van der Waals surface area contributed by atoms with Crippen LogP contribution >= 0.6 is 0 Å². The van der Waals surface area contributed by atoms with E-state index in [1.807, 2.05) is 24.3 Å². The Morgan fingerprint density at radius 2 is 1.90 bits per heavy atom. The van der Waals surface area contributed by atoms with Crippen molar-refractivity contribution in [1.82, 2.24) is 4.98 Å². The van der Waals surface area contributed by atoms with Gasteiger partial charge in [0.1, 0.15) is 17.3 Å². The van der Waals surface area contributed by atoms with Gasteiger partial charge >= 0.3 is 0 Å². The average Bonchev–Trinajstić information content (AvgIpc) is 2.53. The summed E-state index contributed by atoms with van der Waals surface area (Å²) in [5.74, 6) is 2.45. The summed E-state index contributed by atoms with van der Waals surface area (Å²) in [5, 5.41) is 3.25. The maximum Gasteiger partial charge on any atom is 0.132 e. The molecule has 0 aliphatic carbocycles. The molecule has 0 fully saturated rings. The highest BCUT2D eigenvalue weighted by atomic mass is 16.5. The van der Waals surface area contributed by atoms with E-state index in [1.165, 1.54) is 5.56 Å². The molecule has 1 aromatic heterocycles. The molecule has 0 unspecified atom stereocenters. The topological polar surface area (TPSA) is 43.4 Å². The molecule has 2 aromatic rings. The molecule has 0 spiro atoms. The first-order chi connectivity index (χ1) is 10.3. The highest BCUT2D eigenvalue weighted by Gasteiger charge is 2.00. The summed E-state index contributed by atoms with van der Waals surface area (Å²) in [6, 6.07) is 11.8. The molecule has 0 bridgehead atoms. The van der Waals surface area contributed by atoms with E-state index in [1.54, 1.807) is 13.3 Å². The standard InChI is InChI=1S/C17H22N2O2/c1-3-10-18-17-13-16(8-11-19-17)21-15-6-4-14(5-7-15)9-12-20-2/h4-8,11,13H,3,9-10,12H2,1-2H3,(H,18,19). The maximum absolute atomic E-state index is 5.85. The number of ether oxygens (including phenoxy) is 2. The van der Waals surface area contributed by atoms with Crippen LogP contribution in [-0.2, 0) is 11.2 Å².